The number of hydrogen-bond donors (Lipinski definition) is 3. The van der Waals surface area contributed by atoms with Crippen LogP contribution < -0.4 is 10.6 Å². The highest BCUT2D eigenvalue weighted by atomic mass is 79.9. The SMILES string of the molecule is CC(CCNC(=O)OCC1c2ccccc2-c2ccccc21)C(=O)Nc1cc(Br)cc(C(=O)O)c1. The average molecular weight is 537 g/mol. The molecular formula is C27H25BrN2O5. The average Bonchev–Trinajstić information content (AvgIpc) is 3.16. The van der Waals surface area contributed by atoms with E-state index in [1.807, 2.05) is 24.3 Å². The topological polar surface area (TPSA) is 105 Å². The van der Waals surface area contributed by atoms with Crippen LogP contribution in [0, 0.1) is 5.92 Å². The van der Waals surface area contributed by atoms with Gasteiger partial charge in [-0.3, -0.25) is 4.79 Å². The van der Waals surface area contributed by atoms with Crippen molar-refractivity contribution in [3.8, 4) is 11.1 Å². The Labute approximate surface area is 211 Å². The summed E-state index contributed by atoms with van der Waals surface area (Å²) < 4.78 is 6.07. The number of benzene rings is 3. The second kappa shape index (κ2) is 10.7. The van der Waals surface area contributed by atoms with Crippen LogP contribution in [0.1, 0.15) is 40.7 Å². The Morgan fingerprint density at radius 2 is 1.63 bits per heavy atom. The van der Waals surface area contributed by atoms with Crippen molar-refractivity contribution in [3.63, 3.8) is 0 Å². The highest BCUT2D eigenvalue weighted by Gasteiger charge is 2.29. The van der Waals surface area contributed by atoms with Gasteiger partial charge in [-0.15, -0.1) is 0 Å². The van der Waals surface area contributed by atoms with Crippen LogP contribution in [-0.2, 0) is 9.53 Å². The summed E-state index contributed by atoms with van der Waals surface area (Å²) in [7, 11) is 0. The quantitative estimate of drug-likeness (QED) is 0.345. The third-order valence-corrected chi connectivity index (χ3v) is 6.51. The van der Waals surface area contributed by atoms with Crippen LogP contribution in [0.3, 0.4) is 0 Å². The predicted molar refractivity (Wildman–Crippen MR) is 137 cm³/mol. The summed E-state index contributed by atoms with van der Waals surface area (Å²) in [5, 5.41) is 14.6. The van der Waals surface area contributed by atoms with E-state index in [4.69, 9.17) is 9.84 Å². The van der Waals surface area contributed by atoms with E-state index in [2.05, 4.69) is 50.8 Å². The summed E-state index contributed by atoms with van der Waals surface area (Å²) in [6, 6.07) is 20.8. The molecule has 1 unspecified atom stereocenters. The molecule has 0 spiro atoms. The minimum absolute atomic E-state index is 0.0151. The van der Waals surface area contributed by atoms with E-state index >= 15 is 0 Å². The van der Waals surface area contributed by atoms with Gasteiger partial charge in [-0.1, -0.05) is 71.4 Å². The van der Waals surface area contributed by atoms with E-state index in [9.17, 15) is 14.4 Å². The van der Waals surface area contributed by atoms with E-state index < -0.39 is 18.0 Å². The summed E-state index contributed by atoms with van der Waals surface area (Å²) in [6.45, 7) is 2.24. The van der Waals surface area contributed by atoms with Gasteiger partial charge in [0.25, 0.3) is 0 Å². The number of rotatable bonds is 8. The normalized spacial score (nSPS) is 12.9. The van der Waals surface area contributed by atoms with Gasteiger partial charge in [-0.2, -0.15) is 0 Å². The van der Waals surface area contributed by atoms with Gasteiger partial charge < -0.3 is 20.5 Å². The van der Waals surface area contributed by atoms with Crippen molar-refractivity contribution in [2.24, 2.45) is 5.92 Å². The van der Waals surface area contributed by atoms with E-state index in [0.717, 1.165) is 22.3 Å². The third-order valence-electron chi connectivity index (χ3n) is 6.05. The van der Waals surface area contributed by atoms with Crippen LogP contribution in [0.2, 0.25) is 0 Å². The van der Waals surface area contributed by atoms with Crippen LogP contribution in [0.25, 0.3) is 11.1 Å². The lowest BCUT2D eigenvalue weighted by Crippen LogP contribution is -2.30. The molecule has 3 aromatic rings. The van der Waals surface area contributed by atoms with Crippen LogP contribution in [0.4, 0.5) is 10.5 Å². The van der Waals surface area contributed by atoms with Crippen molar-refractivity contribution in [2.45, 2.75) is 19.3 Å². The molecule has 0 aromatic heterocycles. The molecule has 0 saturated carbocycles. The summed E-state index contributed by atoms with van der Waals surface area (Å²) >= 11 is 3.25. The maximum Gasteiger partial charge on any atom is 0.407 e. The van der Waals surface area contributed by atoms with Crippen molar-refractivity contribution >= 4 is 39.6 Å². The first kappa shape index (κ1) is 24.5. The molecule has 0 fully saturated rings. The number of amides is 2. The fourth-order valence-corrected chi connectivity index (χ4v) is 4.72. The second-order valence-electron chi connectivity index (χ2n) is 8.47. The zero-order valence-electron chi connectivity index (χ0n) is 19.1. The number of anilines is 1. The second-order valence-corrected chi connectivity index (χ2v) is 9.38. The molecule has 3 aromatic carbocycles. The number of alkyl carbamates (subject to hydrolysis) is 1. The molecule has 1 aliphatic carbocycles. The Morgan fingerprint density at radius 1 is 1.00 bits per heavy atom. The number of aromatic carboxylic acids is 1. The summed E-state index contributed by atoms with van der Waals surface area (Å²) in [4.78, 5) is 36.0. The molecular weight excluding hydrogens is 512 g/mol. The van der Waals surface area contributed by atoms with Gasteiger partial charge in [0.2, 0.25) is 5.91 Å². The Kier molecular flexibility index (Phi) is 7.51. The minimum Gasteiger partial charge on any atom is -0.478 e. The first-order valence-electron chi connectivity index (χ1n) is 11.3. The fraction of sp³-hybridized carbons (Fsp3) is 0.222. The highest BCUT2D eigenvalue weighted by Crippen LogP contribution is 2.44. The van der Waals surface area contributed by atoms with Crippen molar-refractivity contribution in [2.75, 3.05) is 18.5 Å². The molecule has 0 bridgehead atoms. The molecule has 3 N–H and O–H groups in total. The zero-order valence-corrected chi connectivity index (χ0v) is 20.7. The number of halogens is 1. The van der Waals surface area contributed by atoms with Gasteiger partial charge in [0.15, 0.2) is 0 Å². The predicted octanol–water partition coefficient (Wildman–Crippen LogP) is 5.65. The molecule has 4 rings (SSSR count). The van der Waals surface area contributed by atoms with E-state index in [1.54, 1.807) is 13.0 Å². The number of ether oxygens (including phenoxy) is 1. The molecule has 7 nitrogen and oxygen atoms in total. The maximum absolute atomic E-state index is 12.5. The van der Waals surface area contributed by atoms with Crippen molar-refractivity contribution in [1.29, 1.82) is 0 Å². The minimum atomic E-state index is -1.08. The Hall–Kier alpha value is -3.65. The molecule has 35 heavy (non-hydrogen) atoms. The lowest BCUT2D eigenvalue weighted by atomic mass is 9.98. The fourth-order valence-electron chi connectivity index (χ4n) is 4.22. The molecule has 0 saturated heterocycles. The van der Waals surface area contributed by atoms with Crippen molar-refractivity contribution in [3.05, 3.63) is 87.9 Å². The van der Waals surface area contributed by atoms with E-state index in [1.165, 1.54) is 12.1 Å². The highest BCUT2D eigenvalue weighted by molar-refractivity contribution is 9.10. The maximum atomic E-state index is 12.5. The smallest absolute Gasteiger partial charge is 0.407 e. The Morgan fingerprint density at radius 3 is 2.26 bits per heavy atom. The lowest BCUT2D eigenvalue weighted by molar-refractivity contribution is -0.119. The summed E-state index contributed by atoms with van der Waals surface area (Å²) in [6.07, 6.45) is -0.131. The number of carboxylic acid groups (broad SMARTS) is 1. The van der Waals surface area contributed by atoms with Gasteiger partial charge in [0.1, 0.15) is 6.61 Å². The number of fused-ring (bicyclic) bond motifs is 3. The van der Waals surface area contributed by atoms with Gasteiger partial charge in [0.05, 0.1) is 5.56 Å². The monoisotopic (exact) mass is 536 g/mol. The van der Waals surface area contributed by atoms with Gasteiger partial charge in [-0.25, -0.2) is 9.59 Å². The molecule has 180 valence electrons. The zero-order chi connectivity index (χ0) is 24.9. The molecule has 0 aliphatic heterocycles. The number of carbonyl (C=O) groups is 3. The van der Waals surface area contributed by atoms with Gasteiger partial charge in [-0.05, 0) is 46.9 Å². The standard InChI is InChI=1S/C27H25BrN2O5/c1-16(25(31)30-19-13-17(26(32)33)12-18(28)14-19)10-11-29-27(34)35-15-24-22-8-4-2-6-20(22)21-7-3-5-9-23(21)24/h2-9,12-14,16,24H,10-11,15H2,1H3,(H,29,34)(H,30,31)(H,32,33). The van der Waals surface area contributed by atoms with Crippen LogP contribution in [-0.4, -0.2) is 36.2 Å². The molecule has 8 heteroatoms. The Balaban J connectivity index is 1.26. The number of carbonyl (C=O) groups excluding carboxylic acids is 2. The Bertz CT molecular complexity index is 1230. The van der Waals surface area contributed by atoms with Crippen molar-refractivity contribution in [1.82, 2.24) is 5.32 Å². The van der Waals surface area contributed by atoms with Crippen LogP contribution >= 0.6 is 15.9 Å². The van der Waals surface area contributed by atoms with Crippen LogP contribution in [0.5, 0.6) is 0 Å². The number of hydrogen-bond acceptors (Lipinski definition) is 4. The number of nitrogens with one attached hydrogen (secondary N) is 2. The van der Waals surface area contributed by atoms with Gasteiger partial charge >= 0.3 is 12.1 Å². The molecule has 2 amide bonds. The first-order valence-corrected chi connectivity index (χ1v) is 12.1. The molecule has 0 heterocycles. The van der Waals surface area contributed by atoms with E-state index in [0.29, 0.717) is 16.6 Å². The van der Waals surface area contributed by atoms with Crippen LogP contribution in [0.15, 0.2) is 71.2 Å². The van der Waals surface area contributed by atoms with Crippen molar-refractivity contribution < 1.29 is 24.2 Å². The third kappa shape index (κ3) is 5.71. The first-order chi connectivity index (χ1) is 16.8. The van der Waals surface area contributed by atoms with Gasteiger partial charge in [0, 0.05) is 28.5 Å². The number of carboxylic acids is 1. The largest absolute Gasteiger partial charge is 0.478 e. The summed E-state index contributed by atoms with van der Waals surface area (Å²) in [5.74, 6) is -1.77. The lowest BCUT2D eigenvalue weighted by Gasteiger charge is -2.16. The summed E-state index contributed by atoms with van der Waals surface area (Å²) in [5.41, 5.74) is 5.07. The molecule has 1 aliphatic rings. The molecule has 1 atom stereocenters. The van der Waals surface area contributed by atoms with E-state index in [-0.39, 0.29) is 30.5 Å². The molecule has 0 radical (unpaired) electrons.